The van der Waals surface area contributed by atoms with Gasteiger partial charge in [0.15, 0.2) is 0 Å². The van der Waals surface area contributed by atoms with Crippen LogP contribution in [-0.4, -0.2) is 16.7 Å². The third kappa shape index (κ3) is 1.59. The quantitative estimate of drug-likeness (QED) is 0.748. The molecular formula is C14H13N3O. The first-order valence-corrected chi connectivity index (χ1v) is 5.65. The number of benzene rings is 1. The predicted octanol–water partition coefficient (Wildman–Crippen LogP) is 2.62. The number of anilines is 1. The minimum absolute atomic E-state index is 0.743. The van der Waals surface area contributed by atoms with Gasteiger partial charge < -0.3 is 15.0 Å². The summed E-state index contributed by atoms with van der Waals surface area (Å²) >= 11 is 0. The summed E-state index contributed by atoms with van der Waals surface area (Å²) in [5, 5.41) is 0.966. The Bertz CT molecular complexity index is 686. The highest BCUT2D eigenvalue weighted by Gasteiger charge is 2.06. The molecule has 0 spiro atoms. The second kappa shape index (κ2) is 4.07. The second-order valence-electron chi connectivity index (χ2n) is 4.02. The molecule has 0 atom stereocenters. The van der Waals surface area contributed by atoms with Crippen molar-refractivity contribution in [3.63, 3.8) is 0 Å². The van der Waals surface area contributed by atoms with E-state index in [1.54, 1.807) is 19.4 Å². The molecule has 18 heavy (non-hydrogen) atoms. The number of rotatable bonds is 2. The predicted molar refractivity (Wildman–Crippen MR) is 72.0 cm³/mol. The highest BCUT2D eigenvalue weighted by Crippen LogP contribution is 2.24. The first kappa shape index (κ1) is 10.7. The van der Waals surface area contributed by atoms with Gasteiger partial charge in [-0.1, -0.05) is 0 Å². The van der Waals surface area contributed by atoms with E-state index >= 15 is 0 Å². The fourth-order valence-corrected chi connectivity index (χ4v) is 2.01. The van der Waals surface area contributed by atoms with E-state index in [0.717, 1.165) is 28.2 Å². The number of ether oxygens (including phenoxy) is 1. The third-order valence-electron chi connectivity index (χ3n) is 2.97. The highest BCUT2D eigenvalue weighted by atomic mass is 16.5. The molecule has 0 amide bonds. The van der Waals surface area contributed by atoms with E-state index in [9.17, 15) is 0 Å². The summed E-state index contributed by atoms with van der Waals surface area (Å²) in [7, 11) is 1.66. The van der Waals surface area contributed by atoms with Crippen LogP contribution < -0.4 is 10.5 Å². The lowest BCUT2D eigenvalue weighted by Gasteiger charge is -2.06. The van der Waals surface area contributed by atoms with Gasteiger partial charge in [-0.25, -0.2) is 4.98 Å². The molecule has 4 heteroatoms. The van der Waals surface area contributed by atoms with E-state index in [0.29, 0.717) is 0 Å². The Morgan fingerprint density at radius 2 is 1.89 bits per heavy atom. The van der Waals surface area contributed by atoms with Gasteiger partial charge in [0, 0.05) is 29.2 Å². The summed E-state index contributed by atoms with van der Waals surface area (Å²) in [4.78, 5) is 4.37. The zero-order valence-electron chi connectivity index (χ0n) is 10.00. The smallest absolute Gasteiger partial charge is 0.146 e. The van der Waals surface area contributed by atoms with E-state index < -0.39 is 0 Å². The normalized spacial score (nSPS) is 10.7. The van der Waals surface area contributed by atoms with Crippen LogP contribution in [0.4, 0.5) is 5.69 Å². The van der Waals surface area contributed by atoms with Crippen LogP contribution in [0.2, 0.25) is 0 Å². The average Bonchev–Trinajstić information content (AvgIpc) is 2.84. The molecule has 4 nitrogen and oxygen atoms in total. The number of nitrogens with two attached hydrogens (primary N) is 1. The second-order valence-corrected chi connectivity index (χ2v) is 4.02. The minimum atomic E-state index is 0.743. The van der Waals surface area contributed by atoms with Crippen molar-refractivity contribution in [2.75, 3.05) is 12.8 Å². The molecule has 0 unspecified atom stereocenters. The van der Waals surface area contributed by atoms with Gasteiger partial charge in [0.1, 0.15) is 11.4 Å². The summed E-state index contributed by atoms with van der Waals surface area (Å²) in [5.74, 6) is 0.836. The van der Waals surface area contributed by atoms with Gasteiger partial charge in [0.25, 0.3) is 0 Å². The SMILES string of the molecule is COc1ccc(-n2ccc3c(N)ccnc32)cc1. The van der Waals surface area contributed by atoms with Crippen molar-refractivity contribution < 1.29 is 4.74 Å². The largest absolute Gasteiger partial charge is 0.497 e. The highest BCUT2D eigenvalue weighted by molar-refractivity contribution is 5.89. The first-order valence-electron chi connectivity index (χ1n) is 5.65. The molecule has 0 aliphatic carbocycles. The Kier molecular flexibility index (Phi) is 2.41. The van der Waals surface area contributed by atoms with Crippen molar-refractivity contribution in [3.8, 4) is 11.4 Å². The molecule has 0 saturated carbocycles. The molecule has 2 N–H and O–H groups in total. The monoisotopic (exact) mass is 239 g/mol. The summed E-state index contributed by atoms with van der Waals surface area (Å²) in [6.07, 6.45) is 3.69. The summed E-state index contributed by atoms with van der Waals surface area (Å²) in [6.45, 7) is 0. The Balaban J connectivity index is 2.16. The minimum Gasteiger partial charge on any atom is -0.497 e. The molecule has 0 radical (unpaired) electrons. The van der Waals surface area contributed by atoms with Crippen molar-refractivity contribution in [1.29, 1.82) is 0 Å². The summed E-state index contributed by atoms with van der Waals surface area (Å²) in [5.41, 5.74) is 8.56. The van der Waals surface area contributed by atoms with E-state index in [-0.39, 0.29) is 0 Å². The molecule has 0 saturated heterocycles. The molecule has 0 aliphatic heterocycles. The molecule has 3 aromatic rings. The zero-order valence-corrected chi connectivity index (χ0v) is 10.00. The third-order valence-corrected chi connectivity index (χ3v) is 2.97. The topological polar surface area (TPSA) is 53.1 Å². The van der Waals surface area contributed by atoms with E-state index in [1.165, 1.54) is 0 Å². The lowest BCUT2D eigenvalue weighted by atomic mass is 10.3. The number of nitrogens with zero attached hydrogens (tertiary/aromatic N) is 2. The fraction of sp³-hybridized carbons (Fsp3) is 0.0714. The molecule has 2 heterocycles. The maximum absolute atomic E-state index is 5.92. The number of aromatic nitrogens is 2. The Morgan fingerprint density at radius 1 is 1.11 bits per heavy atom. The van der Waals surface area contributed by atoms with Gasteiger partial charge in [0.05, 0.1) is 7.11 Å². The number of pyridine rings is 1. The molecule has 2 aromatic heterocycles. The molecule has 0 bridgehead atoms. The first-order chi connectivity index (χ1) is 8.79. The number of nitrogen functional groups attached to an aromatic ring is 1. The number of hydrogen-bond donors (Lipinski definition) is 1. The molecule has 90 valence electrons. The van der Waals surface area contributed by atoms with Gasteiger partial charge >= 0.3 is 0 Å². The van der Waals surface area contributed by atoms with Gasteiger partial charge in [-0.05, 0) is 36.4 Å². The van der Waals surface area contributed by atoms with Gasteiger partial charge in [-0.2, -0.15) is 0 Å². The van der Waals surface area contributed by atoms with Crippen LogP contribution in [0.3, 0.4) is 0 Å². The zero-order chi connectivity index (χ0) is 12.5. The van der Waals surface area contributed by atoms with E-state index in [4.69, 9.17) is 10.5 Å². The van der Waals surface area contributed by atoms with Crippen LogP contribution in [0, 0.1) is 0 Å². The van der Waals surface area contributed by atoms with Crippen LogP contribution in [0.25, 0.3) is 16.7 Å². The Labute approximate surface area is 105 Å². The molecule has 0 fully saturated rings. The van der Waals surface area contributed by atoms with Gasteiger partial charge in [-0.3, -0.25) is 0 Å². The molecular weight excluding hydrogens is 226 g/mol. The maximum Gasteiger partial charge on any atom is 0.146 e. The molecule has 0 aliphatic rings. The van der Waals surface area contributed by atoms with E-state index in [2.05, 4.69) is 4.98 Å². The van der Waals surface area contributed by atoms with Crippen LogP contribution in [0.5, 0.6) is 5.75 Å². The summed E-state index contributed by atoms with van der Waals surface area (Å²) < 4.78 is 7.15. The lowest BCUT2D eigenvalue weighted by molar-refractivity contribution is 0.415. The summed E-state index contributed by atoms with van der Waals surface area (Å²) in [6, 6.07) is 11.6. The number of methoxy groups -OCH3 is 1. The average molecular weight is 239 g/mol. The van der Waals surface area contributed by atoms with E-state index in [1.807, 2.05) is 41.1 Å². The Morgan fingerprint density at radius 3 is 2.61 bits per heavy atom. The van der Waals surface area contributed by atoms with Gasteiger partial charge in [-0.15, -0.1) is 0 Å². The number of fused-ring (bicyclic) bond motifs is 1. The van der Waals surface area contributed by atoms with Crippen molar-refractivity contribution >= 4 is 16.7 Å². The standard InChI is InChI=1S/C14H13N3O/c1-18-11-4-2-10(3-5-11)17-9-7-12-13(15)6-8-16-14(12)17/h2-9H,1H3,(H2,15,16). The van der Waals surface area contributed by atoms with Crippen LogP contribution in [-0.2, 0) is 0 Å². The fourth-order valence-electron chi connectivity index (χ4n) is 2.01. The van der Waals surface area contributed by atoms with Crippen molar-refractivity contribution in [1.82, 2.24) is 9.55 Å². The van der Waals surface area contributed by atoms with Crippen molar-refractivity contribution in [2.45, 2.75) is 0 Å². The van der Waals surface area contributed by atoms with Crippen LogP contribution in [0.15, 0.2) is 48.8 Å². The number of hydrogen-bond acceptors (Lipinski definition) is 3. The molecule has 1 aromatic carbocycles. The van der Waals surface area contributed by atoms with Crippen LogP contribution in [0.1, 0.15) is 0 Å². The van der Waals surface area contributed by atoms with Gasteiger partial charge in [0.2, 0.25) is 0 Å². The maximum atomic E-state index is 5.92. The van der Waals surface area contributed by atoms with Crippen molar-refractivity contribution in [3.05, 3.63) is 48.8 Å². The lowest BCUT2D eigenvalue weighted by Crippen LogP contribution is -1.95. The van der Waals surface area contributed by atoms with Crippen molar-refractivity contribution in [2.24, 2.45) is 0 Å². The van der Waals surface area contributed by atoms with Crippen LogP contribution >= 0.6 is 0 Å². The molecule has 3 rings (SSSR count). The Hall–Kier alpha value is -2.49.